The van der Waals surface area contributed by atoms with E-state index in [-0.39, 0.29) is 0 Å². The van der Waals surface area contributed by atoms with Crippen LogP contribution >= 0.6 is 12.2 Å². The van der Waals surface area contributed by atoms with Crippen LogP contribution in [0.5, 0.6) is 0 Å². The minimum Gasteiger partial charge on any atom is -0.305 e. The van der Waals surface area contributed by atoms with Crippen molar-refractivity contribution >= 4 is 17.4 Å². The number of nitrogens with zero attached hydrogens (tertiary/aromatic N) is 2. The molecule has 0 aliphatic rings. The molecule has 1 aromatic rings. The molecule has 1 rings (SSSR count). The van der Waals surface area contributed by atoms with E-state index in [2.05, 4.69) is 59.6 Å². The molecule has 0 bridgehead atoms. The molecule has 2 nitrogen and oxygen atoms in total. The Hall–Kier alpha value is -1.02. The minimum absolute atomic E-state index is 0.630. The van der Waals surface area contributed by atoms with Crippen molar-refractivity contribution in [3.8, 4) is 0 Å². The van der Waals surface area contributed by atoms with E-state index in [1.54, 1.807) is 0 Å². The highest BCUT2D eigenvalue weighted by Gasteiger charge is 1.96. The summed E-state index contributed by atoms with van der Waals surface area (Å²) in [7, 11) is 4.11. The molecule has 0 aromatic heterocycles. The number of hydrogen-bond acceptors (Lipinski definition) is 3. The normalized spacial score (nSPS) is 9.93. The van der Waals surface area contributed by atoms with Crippen LogP contribution in [0.15, 0.2) is 29.3 Å². The van der Waals surface area contributed by atoms with E-state index >= 15 is 0 Å². The highest BCUT2D eigenvalue weighted by Crippen LogP contribution is 2.07. The Morgan fingerprint density at radius 3 is 2.71 bits per heavy atom. The fourth-order valence-electron chi connectivity index (χ4n) is 1.32. The Balaban J connectivity index is 2.73. The number of aliphatic imine (C=N–C) groups is 1. The Kier molecular flexibility index (Phi) is 4.47. The zero-order valence-electron chi connectivity index (χ0n) is 8.53. The SMILES string of the molecule is CN(C)Cc1cccc(CN=C=S)c1. The topological polar surface area (TPSA) is 15.6 Å². The molecular formula is C11H14N2S. The average molecular weight is 206 g/mol. The maximum Gasteiger partial charge on any atom is 0.0743 e. The van der Waals surface area contributed by atoms with E-state index in [1.165, 1.54) is 11.1 Å². The van der Waals surface area contributed by atoms with Crippen LogP contribution in [0.1, 0.15) is 11.1 Å². The minimum atomic E-state index is 0.630. The van der Waals surface area contributed by atoms with Gasteiger partial charge < -0.3 is 4.90 Å². The molecule has 74 valence electrons. The van der Waals surface area contributed by atoms with Crippen LogP contribution in [0.25, 0.3) is 0 Å². The van der Waals surface area contributed by atoms with Crippen molar-refractivity contribution in [2.45, 2.75) is 13.1 Å². The van der Waals surface area contributed by atoms with Gasteiger partial charge in [0.05, 0.1) is 11.7 Å². The van der Waals surface area contributed by atoms with Gasteiger partial charge in [-0.3, -0.25) is 0 Å². The second-order valence-corrected chi connectivity index (χ2v) is 3.65. The van der Waals surface area contributed by atoms with Crippen LogP contribution < -0.4 is 0 Å². The molecular weight excluding hydrogens is 192 g/mol. The highest BCUT2D eigenvalue weighted by molar-refractivity contribution is 7.78. The van der Waals surface area contributed by atoms with E-state index < -0.39 is 0 Å². The highest BCUT2D eigenvalue weighted by atomic mass is 32.1. The Bertz CT molecular complexity index is 341. The lowest BCUT2D eigenvalue weighted by molar-refractivity contribution is 0.402. The predicted octanol–water partition coefficient (Wildman–Crippen LogP) is 2.35. The van der Waals surface area contributed by atoms with Gasteiger partial charge >= 0.3 is 0 Å². The third kappa shape index (κ3) is 3.79. The van der Waals surface area contributed by atoms with Gasteiger partial charge in [-0.05, 0) is 37.4 Å². The third-order valence-electron chi connectivity index (χ3n) is 1.82. The summed E-state index contributed by atoms with van der Waals surface area (Å²) in [5, 5.41) is 2.37. The van der Waals surface area contributed by atoms with Gasteiger partial charge in [-0.25, -0.2) is 4.99 Å². The Labute approximate surface area is 90.3 Å². The van der Waals surface area contributed by atoms with Crippen molar-refractivity contribution < 1.29 is 0 Å². The zero-order chi connectivity index (χ0) is 10.4. The largest absolute Gasteiger partial charge is 0.305 e. The summed E-state index contributed by atoms with van der Waals surface area (Å²) in [4.78, 5) is 6.05. The lowest BCUT2D eigenvalue weighted by Crippen LogP contribution is -2.10. The third-order valence-corrected chi connectivity index (χ3v) is 1.95. The maximum absolute atomic E-state index is 4.53. The van der Waals surface area contributed by atoms with Crippen molar-refractivity contribution in [2.75, 3.05) is 14.1 Å². The molecule has 0 aliphatic heterocycles. The van der Waals surface area contributed by atoms with Gasteiger partial charge in [-0.15, -0.1) is 0 Å². The molecule has 0 fully saturated rings. The van der Waals surface area contributed by atoms with Crippen LogP contribution in [0.2, 0.25) is 0 Å². The van der Waals surface area contributed by atoms with Crippen LogP contribution in [0.3, 0.4) is 0 Å². The van der Waals surface area contributed by atoms with Crippen LogP contribution in [-0.4, -0.2) is 24.2 Å². The fraction of sp³-hybridized carbons (Fsp3) is 0.364. The van der Waals surface area contributed by atoms with Gasteiger partial charge in [0, 0.05) is 6.54 Å². The second-order valence-electron chi connectivity index (χ2n) is 3.47. The summed E-state index contributed by atoms with van der Waals surface area (Å²) in [5.41, 5.74) is 2.48. The van der Waals surface area contributed by atoms with Crippen LogP contribution in [0.4, 0.5) is 0 Å². The summed E-state index contributed by atoms with van der Waals surface area (Å²) in [6.07, 6.45) is 0. The summed E-state index contributed by atoms with van der Waals surface area (Å²) < 4.78 is 0. The van der Waals surface area contributed by atoms with Crippen molar-refractivity contribution in [3.63, 3.8) is 0 Å². The van der Waals surface area contributed by atoms with E-state index in [0.717, 1.165) is 6.54 Å². The molecule has 0 N–H and O–H groups in total. The molecule has 0 atom stereocenters. The molecule has 0 radical (unpaired) electrons. The first kappa shape index (κ1) is 11.1. The number of thiocarbonyl (C=S) groups is 1. The quantitative estimate of drug-likeness (QED) is 0.555. The van der Waals surface area contributed by atoms with Crippen LogP contribution in [-0.2, 0) is 13.1 Å². The standard InChI is InChI=1S/C11H14N2S/c1-13(2)8-11-5-3-4-10(6-11)7-12-9-14/h3-6H,7-8H2,1-2H3. The molecule has 0 saturated carbocycles. The summed E-state index contributed by atoms with van der Waals surface area (Å²) in [5.74, 6) is 0. The predicted molar refractivity (Wildman–Crippen MR) is 62.6 cm³/mol. The lowest BCUT2D eigenvalue weighted by atomic mass is 10.1. The molecule has 14 heavy (non-hydrogen) atoms. The van der Waals surface area contributed by atoms with Gasteiger partial charge in [-0.2, -0.15) is 0 Å². The van der Waals surface area contributed by atoms with E-state index in [0.29, 0.717) is 6.54 Å². The van der Waals surface area contributed by atoms with Gasteiger partial charge in [0.15, 0.2) is 0 Å². The summed E-state index contributed by atoms with van der Waals surface area (Å²) in [6.45, 7) is 1.58. The molecule has 0 aliphatic carbocycles. The van der Waals surface area contributed by atoms with Crippen molar-refractivity contribution in [2.24, 2.45) is 4.99 Å². The molecule has 0 unspecified atom stereocenters. The number of isothiocyanates is 1. The van der Waals surface area contributed by atoms with Gasteiger partial charge in [-0.1, -0.05) is 24.3 Å². The van der Waals surface area contributed by atoms with Crippen LogP contribution in [0, 0.1) is 0 Å². The fourth-order valence-corrected chi connectivity index (χ4v) is 1.38. The van der Waals surface area contributed by atoms with E-state index in [9.17, 15) is 0 Å². The molecule has 0 spiro atoms. The van der Waals surface area contributed by atoms with Gasteiger partial charge in [0.2, 0.25) is 0 Å². The first-order chi connectivity index (χ1) is 6.72. The van der Waals surface area contributed by atoms with Crippen molar-refractivity contribution in [1.29, 1.82) is 0 Å². The number of rotatable bonds is 4. The Morgan fingerprint density at radius 1 is 1.36 bits per heavy atom. The molecule has 3 heteroatoms. The lowest BCUT2D eigenvalue weighted by Gasteiger charge is -2.09. The first-order valence-corrected chi connectivity index (χ1v) is 4.89. The molecule has 0 saturated heterocycles. The van der Waals surface area contributed by atoms with Gasteiger partial charge in [0.25, 0.3) is 0 Å². The molecule has 0 amide bonds. The van der Waals surface area contributed by atoms with E-state index in [4.69, 9.17) is 0 Å². The van der Waals surface area contributed by atoms with Gasteiger partial charge in [0.1, 0.15) is 0 Å². The molecule has 0 heterocycles. The Morgan fingerprint density at radius 2 is 2.07 bits per heavy atom. The molecule has 1 aromatic carbocycles. The smallest absolute Gasteiger partial charge is 0.0743 e. The number of benzene rings is 1. The zero-order valence-corrected chi connectivity index (χ0v) is 9.34. The van der Waals surface area contributed by atoms with E-state index in [1.807, 2.05) is 6.07 Å². The number of hydrogen-bond donors (Lipinski definition) is 0. The second kappa shape index (κ2) is 5.66. The average Bonchev–Trinajstić information content (AvgIpc) is 2.14. The maximum atomic E-state index is 4.53. The summed E-state index contributed by atoms with van der Waals surface area (Å²) in [6, 6.07) is 8.36. The first-order valence-electron chi connectivity index (χ1n) is 4.48. The monoisotopic (exact) mass is 206 g/mol. The van der Waals surface area contributed by atoms with Crippen molar-refractivity contribution in [3.05, 3.63) is 35.4 Å². The van der Waals surface area contributed by atoms with Crippen molar-refractivity contribution in [1.82, 2.24) is 4.90 Å². The summed E-state index contributed by atoms with van der Waals surface area (Å²) >= 11 is 4.53.